The lowest BCUT2D eigenvalue weighted by molar-refractivity contribution is -0.132. The summed E-state index contributed by atoms with van der Waals surface area (Å²) in [6.07, 6.45) is 0.503. The molecule has 0 radical (unpaired) electrons. The van der Waals surface area contributed by atoms with Crippen LogP contribution in [0.3, 0.4) is 0 Å². The van der Waals surface area contributed by atoms with Crippen LogP contribution >= 0.6 is 0 Å². The number of nitrogens with zero attached hydrogens (tertiary/aromatic N) is 1. The zero-order chi connectivity index (χ0) is 12.0. The minimum Gasteiger partial charge on any atom is -0.464 e. The molecule has 4 heteroatoms. The Kier molecular flexibility index (Phi) is 5.05. The maximum atomic E-state index is 11.7. The van der Waals surface area contributed by atoms with E-state index in [1.165, 1.54) is 0 Å². The average molecular weight is 225 g/mol. The van der Waals surface area contributed by atoms with Gasteiger partial charge >= 0.3 is 0 Å². The predicted octanol–water partition coefficient (Wildman–Crippen LogP) is 1.97. The Hall–Kier alpha value is -1.29. The second-order valence-electron chi connectivity index (χ2n) is 3.67. The molecule has 0 aromatic carbocycles. The number of methoxy groups -OCH3 is 1. The molecule has 1 rings (SSSR count). The third kappa shape index (κ3) is 3.70. The number of rotatable bonds is 6. The number of carbonyl (C=O) groups excluding carboxylic acids is 1. The Bertz CT molecular complexity index is 333. The number of amides is 1. The van der Waals surface area contributed by atoms with Crippen LogP contribution in [-0.2, 0) is 16.1 Å². The fourth-order valence-electron chi connectivity index (χ4n) is 1.48. The maximum Gasteiger partial charge on any atom is 0.222 e. The molecule has 1 heterocycles. The summed E-state index contributed by atoms with van der Waals surface area (Å²) in [5, 5.41) is 0. The molecule has 0 bridgehead atoms. The van der Waals surface area contributed by atoms with Crippen LogP contribution in [0, 0.1) is 6.92 Å². The molecule has 1 amide bonds. The molecule has 0 fully saturated rings. The van der Waals surface area contributed by atoms with Gasteiger partial charge in [-0.15, -0.1) is 0 Å². The van der Waals surface area contributed by atoms with Crippen molar-refractivity contribution in [2.24, 2.45) is 0 Å². The normalized spacial score (nSPS) is 10.4. The number of hydrogen-bond donors (Lipinski definition) is 0. The van der Waals surface area contributed by atoms with Gasteiger partial charge in [-0.05, 0) is 19.1 Å². The highest BCUT2D eigenvalue weighted by Gasteiger charge is 2.13. The molecule has 16 heavy (non-hydrogen) atoms. The van der Waals surface area contributed by atoms with E-state index < -0.39 is 0 Å². The van der Waals surface area contributed by atoms with E-state index in [2.05, 4.69) is 0 Å². The van der Waals surface area contributed by atoms with Gasteiger partial charge in [0.15, 0.2) is 0 Å². The highest BCUT2D eigenvalue weighted by atomic mass is 16.5. The molecule has 0 saturated carbocycles. The van der Waals surface area contributed by atoms with E-state index in [1.54, 1.807) is 12.0 Å². The van der Waals surface area contributed by atoms with E-state index in [1.807, 2.05) is 26.0 Å². The standard InChI is InChI=1S/C12H19NO3/c1-4-12(14)13(7-8-15-3)9-11-6-5-10(2)16-11/h5-6H,4,7-9H2,1-3H3. The van der Waals surface area contributed by atoms with Gasteiger partial charge in [0.05, 0.1) is 13.2 Å². The fraction of sp³-hybridized carbons (Fsp3) is 0.583. The van der Waals surface area contributed by atoms with E-state index >= 15 is 0 Å². The first-order valence-corrected chi connectivity index (χ1v) is 5.49. The Balaban J connectivity index is 2.59. The van der Waals surface area contributed by atoms with E-state index in [9.17, 15) is 4.79 Å². The summed E-state index contributed by atoms with van der Waals surface area (Å²) < 4.78 is 10.4. The first-order valence-electron chi connectivity index (χ1n) is 5.49. The second kappa shape index (κ2) is 6.33. The minimum atomic E-state index is 0.117. The topological polar surface area (TPSA) is 42.7 Å². The lowest BCUT2D eigenvalue weighted by atomic mass is 10.3. The third-order valence-corrected chi connectivity index (χ3v) is 2.36. The lowest BCUT2D eigenvalue weighted by Gasteiger charge is -2.20. The van der Waals surface area contributed by atoms with Crippen molar-refractivity contribution >= 4 is 5.91 Å². The monoisotopic (exact) mass is 225 g/mol. The zero-order valence-corrected chi connectivity index (χ0v) is 10.2. The van der Waals surface area contributed by atoms with E-state index in [0.717, 1.165) is 11.5 Å². The number of aryl methyl sites for hydroxylation is 1. The van der Waals surface area contributed by atoms with Gasteiger partial charge in [0.2, 0.25) is 5.91 Å². The smallest absolute Gasteiger partial charge is 0.222 e. The van der Waals surface area contributed by atoms with Gasteiger partial charge in [0.1, 0.15) is 11.5 Å². The zero-order valence-electron chi connectivity index (χ0n) is 10.2. The van der Waals surface area contributed by atoms with Crippen LogP contribution in [0.4, 0.5) is 0 Å². The van der Waals surface area contributed by atoms with Gasteiger partial charge in [-0.2, -0.15) is 0 Å². The van der Waals surface area contributed by atoms with E-state index in [-0.39, 0.29) is 5.91 Å². The van der Waals surface area contributed by atoms with Crippen LogP contribution < -0.4 is 0 Å². The summed E-state index contributed by atoms with van der Waals surface area (Å²) in [5.74, 6) is 1.80. The van der Waals surface area contributed by atoms with Crippen LogP contribution in [0.25, 0.3) is 0 Å². The first-order chi connectivity index (χ1) is 7.67. The van der Waals surface area contributed by atoms with Gasteiger partial charge in [-0.3, -0.25) is 4.79 Å². The molecule has 0 saturated heterocycles. The second-order valence-corrected chi connectivity index (χ2v) is 3.67. The number of hydrogen-bond acceptors (Lipinski definition) is 3. The van der Waals surface area contributed by atoms with Crippen LogP contribution in [0.15, 0.2) is 16.5 Å². The molecule has 90 valence electrons. The van der Waals surface area contributed by atoms with Gasteiger partial charge in [0.25, 0.3) is 0 Å². The highest BCUT2D eigenvalue weighted by Crippen LogP contribution is 2.10. The molecule has 0 atom stereocenters. The van der Waals surface area contributed by atoms with Crippen molar-refractivity contribution in [1.29, 1.82) is 0 Å². The Morgan fingerprint density at radius 3 is 2.75 bits per heavy atom. The van der Waals surface area contributed by atoms with Gasteiger partial charge in [0, 0.05) is 20.1 Å². The summed E-state index contributed by atoms with van der Waals surface area (Å²) >= 11 is 0. The van der Waals surface area contributed by atoms with E-state index in [4.69, 9.17) is 9.15 Å². The molecule has 0 aliphatic carbocycles. The predicted molar refractivity (Wildman–Crippen MR) is 61.0 cm³/mol. The maximum absolute atomic E-state index is 11.7. The summed E-state index contributed by atoms with van der Waals surface area (Å²) in [6, 6.07) is 3.80. The van der Waals surface area contributed by atoms with E-state index in [0.29, 0.717) is 26.1 Å². The Morgan fingerprint density at radius 1 is 1.50 bits per heavy atom. The molecule has 0 unspecified atom stereocenters. The van der Waals surface area contributed by atoms with Crippen molar-refractivity contribution in [2.75, 3.05) is 20.3 Å². The molecule has 0 aliphatic heterocycles. The Labute approximate surface area is 96.2 Å². The van der Waals surface area contributed by atoms with Crippen molar-refractivity contribution < 1.29 is 13.9 Å². The number of carbonyl (C=O) groups is 1. The molecule has 0 spiro atoms. The molecule has 4 nitrogen and oxygen atoms in total. The molecule has 1 aromatic heterocycles. The molecular weight excluding hydrogens is 206 g/mol. The minimum absolute atomic E-state index is 0.117. The van der Waals surface area contributed by atoms with Gasteiger partial charge in [-0.1, -0.05) is 6.92 Å². The molecule has 1 aromatic rings. The Morgan fingerprint density at radius 2 is 2.25 bits per heavy atom. The van der Waals surface area contributed by atoms with Gasteiger partial charge in [-0.25, -0.2) is 0 Å². The molecule has 0 N–H and O–H groups in total. The lowest BCUT2D eigenvalue weighted by Crippen LogP contribution is -2.32. The van der Waals surface area contributed by atoms with Crippen LogP contribution in [0.5, 0.6) is 0 Å². The van der Waals surface area contributed by atoms with Crippen molar-refractivity contribution in [2.45, 2.75) is 26.8 Å². The largest absolute Gasteiger partial charge is 0.464 e. The van der Waals surface area contributed by atoms with Gasteiger partial charge < -0.3 is 14.1 Å². The van der Waals surface area contributed by atoms with Crippen LogP contribution in [0.2, 0.25) is 0 Å². The van der Waals surface area contributed by atoms with Crippen molar-refractivity contribution in [3.63, 3.8) is 0 Å². The summed E-state index contributed by atoms with van der Waals surface area (Å²) in [4.78, 5) is 13.4. The average Bonchev–Trinajstić information content (AvgIpc) is 2.69. The summed E-state index contributed by atoms with van der Waals surface area (Å²) in [6.45, 7) is 5.42. The van der Waals surface area contributed by atoms with Crippen LogP contribution in [-0.4, -0.2) is 31.1 Å². The highest BCUT2D eigenvalue weighted by molar-refractivity contribution is 5.75. The van der Waals surface area contributed by atoms with Crippen LogP contribution in [0.1, 0.15) is 24.9 Å². The van der Waals surface area contributed by atoms with Crippen molar-refractivity contribution in [3.05, 3.63) is 23.7 Å². The van der Waals surface area contributed by atoms with Crippen molar-refractivity contribution in [3.8, 4) is 0 Å². The van der Waals surface area contributed by atoms with Crippen molar-refractivity contribution in [1.82, 2.24) is 4.90 Å². The first kappa shape index (κ1) is 12.8. The fourth-order valence-corrected chi connectivity index (χ4v) is 1.48. The SMILES string of the molecule is CCC(=O)N(CCOC)Cc1ccc(C)o1. The number of ether oxygens (including phenoxy) is 1. The quantitative estimate of drug-likeness (QED) is 0.743. The third-order valence-electron chi connectivity index (χ3n) is 2.36. The summed E-state index contributed by atoms with van der Waals surface area (Å²) in [7, 11) is 1.63. The summed E-state index contributed by atoms with van der Waals surface area (Å²) in [5.41, 5.74) is 0. The molecular formula is C12H19NO3. The molecule has 0 aliphatic rings. The number of furan rings is 1.